The Labute approximate surface area is 102 Å². The quantitative estimate of drug-likeness (QED) is 0.679. The van der Waals surface area contributed by atoms with E-state index in [1.54, 1.807) is 0 Å². The minimum atomic E-state index is -0.707. The molecule has 1 heterocycles. The normalized spacial score (nSPS) is 10.4. The van der Waals surface area contributed by atoms with Crippen LogP contribution in [0.3, 0.4) is 0 Å². The summed E-state index contributed by atoms with van der Waals surface area (Å²) in [6.07, 6.45) is 3.01. The van der Waals surface area contributed by atoms with Gasteiger partial charge in [0.2, 0.25) is 0 Å². The Morgan fingerprint density at radius 1 is 1.35 bits per heavy atom. The van der Waals surface area contributed by atoms with E-state index < -0.39 is 5.97 Å². The highest BCUT2D eigenvalue weighted by Gasteiger charge is 1.97. The first-order chi connectivity index (χ1) is 8.18. The van der Waals surface area contributed by atoms with Crippen LogP contribution in [0, 0.1) is 6.92 Å². The molecule has 0 aromatic carbocycles. The van der Waals surface area contributed by atoms with Crippen molar-refractivity contribution < 1.29 is 9.90 Å². The Bertz CT molecular complexity index is 353. The number of aryl methyl sites for hydroxylation is 1. The van der Waals surface area contributed by atoms with Gasteiger partial charge in [-0.2, -0.15) is 0 Å². The van der Waals surface area contributed by atoms with Crippen molar-refractivity contribution in [1.29, 1.82) is 0 Å². The molecule has 0 fully saturated rings. The molecule has 4 nitrogen and oxygen atoms in total. The predicted molar refractivity (Wildman–Crippen MR) is 66.8 cm³/mol. The van der Waals surface area contributed by atoms with Gasteiger partial charge in [-0.1, -0.05) is 12.5 Å². The number of hydrogen-bond donors (Lipinski definition) is 2. The molecule has 1 aromatic rings. The molecule has 0 unspecified atom stereocenters. The van der Waals surface area contributed by atoms with Gasteiger partial charge in [-0.15, -0.1) is 0 Å². The highest BCUT2D eigenvalue weighted by molar-refractivity contribution is 5.66. The lowest BCUT2D eigenvalue weighted by atomic mass is 10.2. The van der Waals surface area contributed by atoms with Gasteiger partial charge in [0.1, 0.15) is 0 Å². The van der Waals surface area contributed by atoms with E-state index >= 15 is 0 Å². The molecule has 0 spiro atoms. The molecule has 17 heavy (non-hydrogen) atoms. The Morgan fingerprint density at radius 2 is 2.18 bits per heavy atom. The standard InChI is InChI=1S/C13H20N2O2/c1-11-6-5-7-12(15-11)10-14-9-4-2-3-8-13(16)17/h5-7,14H,2-4,8-10H2,1H3,(H,16,17). The van der Waals surface area contributed by atoms with Crippen LogP contribution in [-0.4, -0.2) is 22.6 Å². The number of carboxylic acids is 1. The maximum atomic E-state index is 10.3. The summed E-state index contributed by atoms with van der Waals surface area (Å²) in [6, 6.07) is 5.99. The molecule has 4 heteroatoms. The summed E-state index contributed by atoms with van der Waals surface area (Å²) in [4.78, 5) is 14.7. The van der Waals surface area contributed by atoms with Crippen LogP contribution in [0.5, 0.6) is 0 Å². The van der Waals surface area contributed by atoms with Crippen molar-refractivity contribution >= 4 is 5.97 Å². The summed E-state index contributed by atoms with van der Waals surface area (Å²) in [5.74, 6) is -0.707. The van der Waals surface area contributed by atoms with Crippen molar-refractivity contribution in [1.82, 2.24) is 10.3 Å². The fraction of sp³-hybridized carbons (Fsp3) is 0.538. The SMILES string of the molecule is Cc1cccc(CNCCCCCC(=O)O)n1. The zero-order valence-electron chi connectivity index (χ0n) is 10.3. The van der Waals surface area contributed by atoms with Gasteiger partial charge in [0.25, 0.3) is 0 Å². The summed E-state index contributed by atoms with van der Waals surface area (Å²) in [5, 5.41) is 11.8. The minimum Gasteiger partial charge on any atom is -0.481 e. The summed E-state index contributed by atoms with van der Waals surface area (Å²) >= 11 is 0. The highest BCUT2D eigenvalue weighted by Crippen LogP contribution is 2.00. The van der Waals surface area contributed by atoms with E-state index in [2.05, 4.69) is 10.3 Å². The van der Waals surface area contributed by atoms with E-state index in [1.807, 2.05) is 25.1 Å². The number of carbonyl (C=O) groups is 1. The van der Waals surface area contributed by atoms with Crippen LogP contribution in [0.4, 0.5) is 0 Å². The minimum absolute atomic E-state index is 0.277. The van der Waals surface area contributed by atoms with E-state index in [-0.39, 0.29) is 6.42 Å². The van der Waals surface area contributed by atoms with Gasteiger partial charge in [0, 0.05) is 18.7 Å². The van der Waals surface area contributed by atoms with Crippen molar-refractivity contribution in [3.63, 3.8) is 0 Å². The van der Waals surface area contributed by atoms with Crippen LogP contribution in [0.1, 0.15) is 37.1 Å². The number of carboxylic acid groups (broad SMARTS) is 1. The van der Waals surface area contributed by atoms with Crippen LogP contribution in [0.2, 0.25) is 0 Å². The molecular weight excluding hydrogens is 216 g/mol. The molecule has 0 aliphatic rings. The van der Waals surface area contributed by atoms with Crippen LogP contribution in [0.15, 0.2) is 18.2 Å². The second kappa shape index (κ2) is 7.79. The monoisotopic (exact) mass is 236 g/mol. The summed E-state index contributed by atoms with van der Waals surface area (Å²) < 4.78 is 0. The summed E-state index contributed by atoms with van der Waals surface area (Å²) in [7, 11) is 0. The number of aliphatic carboxylic acids is 1. The Hall–Kier alpha value is -1.42. The summed E-state index contributed by atoms with van der Waals surface area (Å²) in [5.41, 5.74) is 2.08. The number of aromatic nitrogens is 1. The Morgan fingerprint density at radius 3 is 2.88 bits per heavy atom. The average Bonchev–Trinajstić information content (AvgIpc) is 2.27. The molecule has 0 saturated carbocycles. The average molecular weight is 236 g/mol. The van der Waals surface area contributed by atoms with Gasteiger partial charge in [-0.3, -0.25) is 9.78 Å². The van der Waals surface area contributed by atoms with Gasteiger partial charge in [0.05, 0.1) is 5.69 Å². The molecule has 0 radical (unpaired) electrons. The fourth-order valence-electron chi connectivity index (χ4n) is 1.62. The lowest BCUT2D eigenvalue weighted by Crippen LogP contribution is -2.15. The van der Waals surface area contributed by atoms with Gasteiger partial charge >= 0.3 is 5.97 Å². The molecule has 0 amide bonds. The molecule has 1 rings (SSSR count). The maximum absolute atomic E-state index is 10.3. The third-order valence-corrected chi connectivity index (χ3v) is 2.50. The summed E-state index contributed by atoms with van der Waals surface area (Å²) in [6.45, 7) is 3.67. The first kappa shape index (κ1) is 13.6. The fourth-order valence-corrected chi connectivity index (χ4v) is 1.62. The number of nitrogens with zero attached hydrogens (tertiary/aromatic N) is 1. The van der Waals surface area contributed by atoms with Gasteiger partial charge in [-0.05, 0) is 38.4 Å². The van der Waals surface area contributed by atoms with Crippen LogP contribution < -0.4 is 5.32 Å². The lowest BCUT2D eigenvalue weighted by molar-refractivity contribution is -0.137. The van der Waals surface area contributed by atoms with Crippen LogP contribution in [0.25, 0.3) is 0 Å². The molecule has 0 atom stereocenters. The maximum Gasteiger partial charge on any atom is 0.303 e. The first-order valence-corrected chi connectivity index (χ1v) is 6.03. The number of unbranched alkanes of at least 4 members (excludes halogenated alkanes) is 2. The van der Waals surface area contributed by atoms with Crippen molar-refractivity contribution in [3.05, 3.63) is 29.6 Å². The third kappa shape index (κ3) is 6.68. The largest absolute Gasteiger partial charge is 0.481 e. The highest BCUT2D eigenvalue weighted by atomic mass is 16.4. The zero-order valence-corrected chi connectivity index (χ0v) is 10.3. The number of pyridine rings is 1. The van der Waals surface area contributed by atoms with E-state index in [0.717, 1.165) is 43.7 Å². The van der Waals surface area contributed by atoms with Crippen LogP contribution in [-0.2, 0) is 11.3 Å². The van der Waals surface area contributed by atoms with Gasteiger partial charge < -0.3 is 10.4 Å². The molecule has 0 saturated heterocycles. The number of hydrogen-bond acceptors (Lipinski definition) is 3. The van der Waals surface area contributed by atoms with Crippen molar-refractivity contribution in [2.75, 3.05) is 6.54 Å². The second-order valence-corrected chi connectivity index (χ2v) is 4.15. The predicted octanol–water partition coefficient (Wildman–Crippen LogP) is 2.12. The van der Waals surface area contributed by atoms with E-state index in [1.165, 1.54) is 0 Å². The van der Waals surface area contributed by atoms with Gasteiger partial charge in [-0.25, -0.2) is 0 Å². The van der Waals surface area contributed by atoms with E-state index in [0.29, 0.717) is 0 Å². The van der Waals surface area contributed by atoms with Crippen molar-refractivity contribution in [2.45, 2.75) is 39.2 Å². The lowest BCUT2D eigenvalue weighted by Gasteiger charge is -2.04. The van der Waals surface area contributed by atoms with Crippen LogP contribution >= 0.6 is 0 Å². The molecule has 0 aliphatic heterocycles. The number of nitrogens with one attached hydrogen (secondary N) is 1. The number of rotatable bonds is 8. The van der Waals surface area contributed by atoms with Crippen molar-refractivity contribution in [2.24, 2.45) is 0 Å². The molecule has 94 valence electrons. The van der Waals surface area contributed by atoms with Gasteiger partial charge in [0.15, 0.2) is 0 Å². The smallest absolute Gasteiger partial charge is 0.303 e. The third-order valence-electron chi connectivity index (χ3n) is 2.50. The molecule has 0 aliphatic carbocycles. The van der Waals surface area contributed by atoms with Crippen molar-refractivity contribution in [3.8, 4) is 0 Å². The zero-order chi connectivity index (χ0) is 12.5. The second-order valence-electron chi connectivity index (χ2n) is 4.15. The van der Waals surface area contributed by atoms with E-state index in [9.17, 15) is 4.79 Å². The topological polar surface area (TPSA) is 62.2 Å². The Kier molecular flexibility index (Phi) is 6.25. The molecule has 2 N–H and O–H groups in total. The first-order valence-electron chi connectivity index (χ1n) is 6.03. The van der Waals surface area contributed by atoms with E-state index in [4.69, 9.17) is 5.11 Å². The molecule has 0 bridgehead atoms. The molecular formula is C13H20N2O2. The molecule has 1 aromatic heterocycles. The Balaban J connectivity index is 2.03.